The highest BCUT2D eigenvalue weighted by Gasteiger charge is 2.11. The number of fused-ring (bicyclic) bond motifs is 1. The van der Waals surface area contributed by atoms with Crippen molar-refractivity contribution in [2.45, 2.75) is 17.4 Å². The maximum Gasteiger partial charge on any atom is 0.193 e. The smallest absolute Gasteiger partial charge is 0.193 e. The maximum atomic E-state index is 5.66. The Kier molecular flexibility index (Phi) is 4.37. The Balaban J connectivity index is 1.60. The number of hydrogen-bond acceptors (Lipinski definition) is 5. The van der Waals surface area contributed by atoms with Gasteiger partial charge in [0.25, 0.3) is 0 Å². The molecule has 1 aromatic carbocycles. The number of benzene rings is 1. The molecule has 2 aromatic heterocycles. The highest BCUT2D eigenvalue weighted by molar-refractivity contribution is 7.99. The summed E-state index contributed by atoms with van der Waals surface area (Å²) in [5.41, 5.74) is 3.97. The van der Waals surface area contributed by atoms with Crippen LogP contribution >= 0.6 is 23.1 Å². The number of nitrogens with zero attached hydrogens (tertiary/aromatic N) is 2. The van der Waals surface area contributed by atoms with E-state index in [0.717, 1.165) is 22.8 Å². The number of thioether (sulfide) groups is 1. The fourth-order valence-corrected chi connectivity index (χ4v) is 3.68. The molecule has 3 aromatic rings. The van der Waals surface area contributed by atoms with Crippen LogP contribution < -0.4 is 11.3 Å². The van der Waals surface area contributed by atoms with E-state index >= 15 is 0 Å². The summed E-state index contributed by atoms with van der Waals surface area (Å²) in [6.45, 7) is 0. The summed E-state index contributed by atoms with van der Waals surface area (Å²) in [6.07, 6.45) is 4.94. The topological polar surface area (TPSA) is 55.3 Å². The number of nitrogens with two attached hydrogens (primary N) is 1. The van der Waals surface area contributed by atoms with Crippen LogP contribution in [0.5, 0.6) is 0 Å². The number of hydrogen-bond donors (Lipinski definition) is 2. The molecule has 0 saturated heterocycles. The van der Waals surface area contributed by atoms with Crippen LogP contribution in [0.25, 0.3) is 4.96 Å². The van der Waals surface area contributed by atoms with Crippen LogP contribution in [0.4, 0.5) is 0 Å². The van der Waals surface area contributed by atoms with Crippen LogP contribution in [-0.2, 0) is 6.42 Å². The van der Waals surface area contributed by atoms with Gasteiger partial charge in [0.05, 0.1) is 5.69 Å². The van der Waals surface area contributed by atoms with Gasteiger partial charge in [-0.05, 0) is 12.1 Å². The molecule has 0 bridgehead atoms. The minimum atomic E-state index is 0.213. The van der Waals surface area contributed by atoms with Crippen LogP contribution in [0.1, 0.15) is 5.69 Å². The third kappa shape index (κ3) is 3.21. The number of nitrogens with one attached hydrogen (secondary N) is 1. The zero-order valence-electron chi connectivity index (χ0n) is 10.9. The van der Waals surface area contributed by atoms with Gasteiger partial charge in [-0.3, -0.25) is 15.7 Å². The zero-order valence-corrected chi connectivity index (χ0v) is 12.5. The van der Waals surface area contributed by atoms with Crippen LogP contribution in [-0.4, -0.2) is 21.2 Å². The molecule has 1 unspecified atom stereocenters. The first-order chi connectivity index (χ1) is 9.85. The van der Waals surface area contributed by atoms with Gasteiger partial charge >= 0.3 is 0 Å². The minimum Gasteiger partial charge on any atom is -0.297 e. The maximum absolute atomic E-state index is 5.66. The van der Waals surface area contributed by atoms with E-state index < -0.39 is 0 Å². The standard InChI is InChI=1S/C14H16N4S2/c15-17-12(10-20-13-4-2-1-3-5-13)8-11-9-18-6-7-19-14(18)16-11/h1-7,9,12,17H,8,10,15H2. The van der Waals surface area contributed by atoms with E-state index in [9.17, 15) is 0 Å². The van der Waals surface area contributed by atoms with Crippen LogP contribution in [0.3, 0.4) is 0 Å². The monoisotopic (exact) mass is 304 g/mol. The van der Waals surface area contributed by atoms with Gasteiger partial charge < -0.3 is 0 Å². The Labute approximate surface area is 126 Å². The molecule has 0 aliphatic heterocycles. The van der Waals surface area contributed by atoms with Crippen LogP contribution in [0.2, 0.25) is 0 Å². The molecule has 104 valence electrons. The van der Waals surface area contributed by atoms with E-state index in [1.54, 1.807) is 23.1 Å². The van der Waals surface area contributed by atoms with Crippen molar-refractivity contribution in [2.24, 2.45) is 5.84 Å². The predicted octanol–water partition coefficient (Wildman–Crippen LogP) is 2.56. The van der Waals surface area contributed by atoms with E-state index in [-0.39, 0.29) is 6.04 Å². The molecular weight excluding hydrogens is 288 g/mol. The average molecular weight is 304 g/mol. The van der Waals surface area contributed by atoms with E-state index in [4.69, 9.17) is 5.84 Å². The highest BCUT2D eigenvalue weighted by atomic mass is 32.2. The van der Waals surface area contributed by atoms with Gasteiger partial charge in [-0.2, -0.15) is 0 Å². The number of thiazole rings is 1. The van der Waals surface area contributed by atoms with Gasteiger partial charge in [-0.1, -0.05) is 18.2 Å². The fraction of sp³-hybridized carbons (Fsp3) is 0.214. The molecule has 0 radical (unpaired) electrons. The summed E-state index contributed by atoms with van der Waals surface area (Å²) < 4.78 is 2.05. The average Bonchev–Trinajstić information content (AvgIpc) is 3.05. The molecule has 20 heavy (non-hydrogen) atoms. The lowest BCUT2D eigenvalue weighted by atomic mass is 10.2. The Morgan fingerprint density at radius 3 is 2.95 bits per heavy atom. The second kappa shape index (κ2) is 6.41. The van der Waals surface area contributed by atoms with Gasteiger partial charge in [0.1, 0.15) is 0 Å². The number of aromatic nitrogens is 2. The normalized spacial score (nSPS) is 12.8. The fourth-order valence-electron chi connectivity index (χ4n) is 2.01. The van der Waals surface area contributed by atoms with Gasteiger partial charge in [-0.15, -0.1) is 23.1 Å². The first-order valence-electron chi connectivity index (χ1n) is 6.40. The summed E-state index contributed by atoms with van der Waals surface area (Å²) in [4.78, 5) is 6.89. The second-order valence-corrected chi connectivity index (χ2v) is 6.48. The summed E-state index contributed by atoms with van der Waals surface area (Å²) in [5, 5.41) is 2.04. The van der Waals surface area contributed by atoms with Crippen molar-refractivity contribution in [1.29, 1.82) is 0 Å². The van der Waals surface area contributed by atoms with E-state index in [2.05, 4.69) is 45.3 Å². The first-order valence-corrected chi connectivity index (χ1v) is 8.27. The van der Waals surface area contributed by atoms with Crippen molar-refractivity contribution < 1.29 is 0 Å². The number of imidazole rings is 1. The van der Waals surface area contributed by atoms with Crippen molar-refractivity contribution in [3.63, 3.8) is 0 Å². The summed E-state index contributed by atoms with van der Waals surface area (Å²) in [5.74, 6) is 6.58. The molecule has 2 heterocycles. The van der Waals surface area contributed by atoms with Crippen molar-refractivity contribution in [2.75, 3.05) is 5.75 Å². The van der Waals surface area contributed by atoms with E-state index in [1.165, 1.54) is 4.90 Å². The van der Waals surface area contributed by atoms with Gasteiger partial charge in [-0.25, -0.2) is 4.98 Å². The number of rotatable bonds is 6. The van der Waals surface area contributed by atoms with Crippen molar-refractivity contribution in [3.05, 3.63) is 53.8 Å². The molecule has 4 nitrogen and oxygen atoms in total. The summed E-state index contributed by atoms with van der Waals surface area (Å²) >= 11 is 3.45. The first kappa shape index (κ1) is 13.6. The minimum absolute atomic E-state index is 0.213. The Morgan fingerprint density at radius 1 is 1.35 bits per heavy atom. The van der Waals surface area contributed by atoms with E-state index in [1.807, 2.05) is 17.6 Å². The molecule has 0 aliphatic carbocycles. The quantitative estimate of drug-likeness (QED) is 0.417. The molecule has 0 aliphatic rings. The molecule has 3 rings (SSSR count). The molecule has 3 N–H and O–H groups in total. The lowest BCUT2D eigenvalue weighted by molar-refractivity contribution is 0.570. The molecule has 6 heteroatoms. The van der Waals surface area contributed by atoms with Gasteiger partial charge in [0, 0.05) is 40.9 Å². The molecule has 1 atom stereocenters. The second-order valence-electron chi connectivity index (χ2n) is 4.52. The van der Waals surface area contributed by atoms with Gasteiger partial charge in [0.2, 0.25) is 0 Å². The predicted molar refractivity (Wildman–Crippen MR) is 85.1 cm³/mol. The molecule has 0 saturated carbocycles. The van der Waals surface area contributed by atoms with Gasteiger partial charge in [0.15, 0.2) is 4.96 Å². The number of hydrazine groups is 1. The Bertz CT molecular complexity index is 633. The highest BCUT2D eigenvalue weighted by Crippen LogP contribution is 2.19. The Hall–Kier alpha value is -1.34. The van der Waals surface area contributed by atoms with Crippen molar-refractivity contribution in [3.8, 4) is 0 Å². The van der Waals surface area contributed by atoms with Crippen LogP contribution in [0, 0.1) is 0 Å². The third-order valence-electron chi connectivity index (χ3n) is 3.03. The molecule has 0 spiro atoms. The largest absolute Gasteiger partial charge is 0.297 e. The summed E-state index contributed by atoms with van der Waals surface area (Å²) in [7, 11) is 0. The molecule has 0 amide bonds. The SMILES string of the molecule is NNC(CSc1ccccc1)Cc1cn2ccsc2n1. The Morgan fingerprint density at radius 2 is 2.20 bits per heavy atom. The van der Waals surface area contributed by atoms with E-state index in [0.29, 0.717) is 0 Å². The molecular formula is C14H16N4S2. The lowest BCUT2D eigenvalue weighted by Crippen LogP contribution is -2.38. The molecule has 0 fully saturated rings. The van der Waals surface area contributed by atoms with Crippen molar-refractivity contribution in [1.82, 2.24) is 14.8 Å². The summed E-state index contributed by atoms with van der Waals surface area (Å²) in [6, 6.07) is 10.6. The third-order valence-corrected chi connectivity index (χ3v) is 4.97. The van der Waals surface area contributed by atoms with Crippen LogP contribution in [0.15, 0.2) is 53.0 Å². The zero-order chi connectivity index (χ0) is 13.8. The lowest BCUT2D eigenvalue weighted by Gasteiger charge is -2.13. The van der Waals surface area contributed by atoms with Crippen molar-refractivity contribution >= 4 is 28.1 Å².